The molecule has 2 heterocycles. The van der Waals surface area contributed by atoms with E-state index in [1.54, 1.807) is 0 Å². The summed E-state index contributed by atoms with van der Waals surface area (Å²) in [6.07, 6.45) is 1.79. The molecular weight excluding hydrogens is 198 g/mol. The van der Waals surface area contributed by atoms with Gasteiger partial charge < -0.3 is 20.1 Å². The highest BCUT2D eigenvalue weighted by atomic mass is 16.5. The minimum absolute atomic E-state index is 0.186. The molecule has 0 saturated carbocycles. The molecule has 1 fully saturated rings. The van der Waals surface area contributed by atoms with Gasteiger partial charge in [0.25, 0.3) is 0 Å². The molecule has 2 unspecified atom stereocenters. The van der Waals surface area contributed by atoms with Crippen LogP contribution in [0.25, 0.3) is 0 Å². The molecular formula is C9H15N3O3. The maximum absolute atomic E-state index is 8.81. The summed E-state index contributed by atoms with van der Waals surface area (Å²) in [5, 5.41) is 12.6. The number of nitrogens with zero attached hydrogens (tertiary/aromatic N) is 2. The molecule has 0 spiro atoms. The molecule has 0 radical (unpaired) electrons. The second-order valence-corrected chi connectivity index (χ2v) is 3.77. The third-order valence-corrected chi connectivity index (χ3v) is 2.49. The van der Waals surface area contributed by atoms with Crippen molar-refractivity contribution in [1.82, 2.24) is 10.1 Å². The largest absolute Gasteiger partial charge is 0.394 e. The van der Waals surface area contributed by atoms with Crippen LogP contribution in [0.1, 0.15) is 24.2 Å². The summed E-state index contributed by atoms with van der Waals surface area (Å²) in [6.45, 7) is 1.38. The minimum atomic E-state index is -0.578. The quantitative estimate of drug-likeness (QED) is 0.709. The van der Waals surface area contributed by atoms with E-state index >= 15 is 0 Å². The summed E-state index contributed by atoms with van der Waals surface area (Å²) < 4.78 is 10.2. The fraction of sp³-hybridized carbons (Fsp3) is 0.778. The van der Waals surface area contributed by atoms with Crippen LogP contribution in [0.15, 0.2) is 4.52 Å². The zero-order valence-electron chi connectivity index (χ0n) is 8.43. The Kier molecular flexibility index (Phi) is 3.30. The molecule has 0 aliphatic carbocycles. The molecule has 1 aromatic heterocycles. The lowest BCUT2D eigenvalue weighted by Crippen LogP contribution is -2.15. The van der Waals surface area contributed by atoms with E-state index in [1.807, 2.05) is 0 Å². The molecule has 1 aromatic rings. The maximum Gasteiger partial charge on any atom is 0.245 e. The number of aliphatic hydroxyl groups excluding tert-OH is 1. The Hall–Kier alpha value is -0.980. The van der Waals surface area contributed by atoms with E-state index in [1.165, 1.54) is 0 Å². The SMILES string of the molecule is NC(CO)c1nc(CC2CCOC2)no1. The predicted octanol–water partition coefficient (Wildman–Crippen LogP) is -0.359. The van der Waals surface area contributed by atoms with Gasteiger partial charge in [-0.25, -0.2) is 0 Å². The summed E-state index contributed by atoms with van der Waals surface area (Å²) in [5.41, 5.74) is 5.54. The van der Waals surface area contributed by atoms with Gasteiger partial charge in [0.15, 0.2) is 5.82 Å². The van der Waals surface area contributed by atoms with Crippen molar-refractivity contribution in [3.8, 4) is 0 Å². The van der Waals surface area contributed by atoms with E-state index in [0.29, 0.717) is 17.6 Å². The number of rotatable bonds is 4. The van der Waals surface area contributed by atoms with E-state index in [9.17, 15) is 0 Å². The van der Waals surface area contributed by atoms with Crippen LogP contribution in [0, 0.1) is 5.92 Å². The van der Waals surface area contributed by atoms with Crippen LogP contribution < -0.4 is 5.73 Å². The van der Waals surface area contributed by atoms with Crippen molar-refractivity contribution in [3.63, 3.8) is 0 Å². The van der Waals surface area contributed by atoms with Crippen molar-refractivity contribution < 1.29 is 14.4 Å². The van der Waals surface area contributed by atoms with E-state index < -0.39 is 6.04 Å². The molecule has 2 rings (SSSR count). The second-order valence-electron chi connectivity index (χ2n) is 3.77. The third-order valence-electron chi connectivity index (χ3n) is 2.49. The van der Waals surface area contributed by atoms with Gasteiger partial charge in [-0.05, 0) is 12.3 Å². The first kappa shape index (κ1) is 10.5. The fourth-order valence-corrected chi connectivity index (χ4v) is 1.58. The van der Waals surface area contributed by atoms with Crippen LogP contribution in [-0.2, 0) is 11.2 Å². The molecule has 6 nitrogen and oxygen atoms in total. The van der Waals surface area contributed by atoms with Gasteiger partial charge in [-0.3, -0.25) is 0 Å². The average Bonchev–Trinajstić information content (AvgIpc) is 2.88. The molecule has 3 N–H and O–H groups in total. The van der Waals surface area contributed by atoms with Gasteiger partial charge in [0.1, 0.15) is 6.04 Å². The number of aliphatic hydroxyl groups is 1. The predicted molar refractivity (Wildman–Crippen MR) is 50.9 cm³/mol. The lowest BCUT2D eigenvalue weighted by Gasteiger charge is -2.01. The first-order valence-corrected chi connectivity index (χ1v) is 5.06. The molecule has 6 heteroatoms. The van der Waals surface area contributed by atoms with Crippen LogP contribution in [0.4, 0.5) is 0 Å². The van der Waals surface area contributed by atoms with Gasteiger partial charge in [-0.15, -0.1) is 0 Å². The smallest absolute Gasteiger partial charge is 0.245 e. The van der Waals surface area contributed by atoms with Crippen LogP contribution in [-0.4, -0.2) is 35.1 Å². The van der Waals surface area contributed by atoms with Gasteiger partial charge in [0, 0.05) is 19.6 Å². The van der Waals surface area contributed by atoms with Gasteiger partial charge in [-0.1, -0.05) is 5.16 Å². The zero-order valence-corrected chi connectivity index (χ0v) is 8.43. The lowest BCUT2D eigenvalue weighted by atomic mass is 10.1. The molecule has 0 aromatic carbocycles. The highest BCUT2D eigenvalue weighted by Gasteiger charge is 2.20. The molecule has 1 saturated heterocycles. The molecule has 1 aliphatic heterocycles. The monoisotopic (exact) mass is 213 g/mol. The number of hydrogen-bond donors (Lipinski definition) is 2. The fourth-order valence-electron chi connectivity index (χ4n) is 1.58. The van der Waals surface area contributed by atoms with Gasteiger partial charge in [0.05, 0.1) is 6.61 Å². The average molecular weight is 213 g/mol. The highest BCUT2D eigenvalue weighted by molar-refractivity contribution is 4.93. The first-order chi connectivity index (χ1) is 7.29. The number of hydrogen-bond acceptors (Lipinski definition) is 6. The first-order valence-electron chi connectivity index (χ1n) is 5.06. The molecule has 15 heavy (non-hydrogen) atoms. The number of nitrogens with two attached hydrogens (primary N) is 1. The summed E-state index contributed by atoms with van der Waals surface area (Å²) in [6, 6.07) is -0.578. The Labute approximate surface area is 87.4 Å². The second kappa shape index (κ2) is 4.69. The van der Waals surface area contributed by atoms with Crippen LogP contribution >= 0.6 is 0 Å². The van der Waals surface area contributed by atoms with E-state index in [2.05, 4.69) is 10.1 Å². The van der Waals surface area contributed by atoms with Crippen molar-refractivity contribution in [1.29, 1.82) is 0 Å². The van der Waals surface area contributed by atoms with E-state index in [0.717, 1.165) is 26.1 Å². The number of aromatic nitrogens is 2. The standard InChI is InChI=1S/C9H15N3O3/c10-7(4-13)9-11-8(12-15-9)3-6-1-2-14-5-6/h6-7,13H,1-5,10H2. The Balaban J connectivity index is 1.94. The Morgan fingerprint density at radius 3 is 3.13 bits per heavy atom. The molecule has 0 bridgehead atoms. The van der Waals surface area contributed by atoms with Crippen LogP contribution in [0.5, 0.6) is 0 Å². The van der Waals surface area contributed by atoms with E-state index in [-0.39, 0.29) is 6.61 Å². The third kappa shape index (κ3) is 2.53. The van der Waals surface area contributed by atoms with Gasteiger partial charge >= 0.3 is 0 Å². The van der Waals surface area contributed by atoms with Crippen LogP contribution in [0.2, 0.25) is 0 Å². The summed E-state index contributed by atoms with van der Waals surface area (Å²) in [5.74, 6) is 1.41. The topological polar surface area (TPSA) is 94.4 Å². The maximum atomic E-state index is 8.81. The minimum Gasteiger partial charge on any atom is -0.394 e. The van der Waals surface area contributed by atoms with Gasteiger partial charge in [-0.2, -0.15) is 4.98 Å². The molecule has 1 aliphatic rings. The van der Waals surface area contributed by atoms with Crippen molar-refractivity contribution in [2.75, 3.05) is 19.8 Å². The van der Waals surface area contributed by atoms with Crippen molar-refractivity contribution in [2.45, 2.75) is 18.9 Å². The van der Waals surface area contributed by atoms with Crippen molar-refractivity contribution in [3.05, 3.63) is 11.7 Å². The summed E-state index contributed by atoms with van der Waals surface area (Å²) >= 11 is 0. The highest BCUT2D eigenvalue weighted by Crippen LogP contribution is 2.17. The van der Waals surface area contributed by atoms with Crippen molar-refractivity contribution in [2.24, 2.45) is 11.7 Å². The normalized spacial score (nSPS) is 23.2. The molecule has 0 amide bonds. The summed E-state index contributed by atoms with van der Waals surface area (Å²) in [7, 11) is 0. The van der Waals surface area contributed by atoms with E-state index in [4.69, 9.17) is 20.1 Å². The zero-order chi connectivity index (χ0) is 10.7. The van der Waals surface area contributed by atoms with Gasteiger partial charge in [0.2, 0.25) is 5.89 Å². The Morgan fingerprint density at radius 1 is 1.60 bits per heavy atom. The molecule has 84 valence electrons. The number of ether oxygens (including phenoxy) is 1. The van der Waals surface area contributed by atoms with Crippen molar-refractivity contribution >= 4 is 0 Å². The van der Waals surface area contributed by atoms with Crippen LogP contribution in [0.3, 0.4) is 0 Å². The Bertz CT molecular complexity index is 309. The Morgan fingerprint density at radius 2 is 2.47 bits per heavy atom. The summed E-state index contributed by atoms with van der Waals surface area (Å²) in [4.78, 5) is 4.13. The lowest BCUT2D eigenvalue weighted by molar-refractivity contribution is 0.185. The molecule has 2 atom stereocenters.